The molecule has 0 atom stereocenters. The van der Waals surface area contributed by atoms with Gasteiger partial charge in [-0.1, -0.05) is 63.2 Å². The zero-order valence-electron chi connectivity index (χ0n) is 18.7. The molecule has 1 spiro atoms. The Balaban J connectivity index is 1.29. The number of hydrogen-bond acceptors (Lipinski definition) is 2. The summed E-state index contributed by atoms with van der Waals surface area (Å²) in [5.74, 6) is 1.08. The van der Waals surface area contributed by atoms with Gasteiger partial charge in [-0.05, 0) is 72.9 Å². The first-order valence-electron chi connectivity index (χ1n) is 11.6. The van der Waals surface area contributed by atoms with Crippen LogP contribution in [0.4, 0.5) is 5.69 Å². The van der Waals surface area contributed by atoms with Crippen LogP contribution in [0, 0.1) is 5.92 Å². The van der Waals surface area contributed by atoms with E-state index in [1.165, 1.54) is 35.2 Å². The Morgan fingerprint density at radius 3 is 2.27 bits per heavy atom. The molecule has 0 N–H and O–H groups in total. The maximum atomic E-state index is 13.6. The number of para-hydroxylation sites is 1. The average molecular weight is 403 g/mol. The molecule has 0 bridgehead atoms. The van der Waals surface area contributed by atoms with E-state index < -0.39 is 0 Å². The molecule has 158 valence electrons. The fourth-order valence-electron chi connectivity index (χ4n) is 5.28. The number of amides is 1. The number of anilines is 1. The third kappa shape index (κ3) is 3.47. The average Bonchev–Trinajstić information content (AvgIpc) is 3.53. The predicted molar refractivity (Wildman–Crippen MR) is 123 cm³/mol. The van der Waals surface area contributed by atoms with Gasteiger partial charge in [-0.25, -0.2) is 0 Å². The van der Waals surface area contributed by atoms with Crippen LogP contribution in [-0.2, 0) is 22.2 Å². The lowest BCUT2D eigenvalue weighted by Crippen LogP contribution is -2.48. The second kappa shape index (κ2) is 7.23. The highest BCUT2D eigenvalue weighted by Gasteiger charge is 2.52. The lowest BCUT2D eigenvalue weighted by atomic mass is 9.73. The molecule has 2 aromatic rings. The number of hydrogen-bond donors (Lipinski definition) is 0. The summed E-state index contributed by atoms with van der Waals surface area (Å²) < 4.78 is 0. The van der Waals surface area contributed by atoms with E-state index >= 15 is 0 Å². The van der Waals surface area contributed by atoms with Crippen molar-refractivity contribution in [3.8, 4) is 0 Å². The molecule has 1 saturated heterocycles. The highest BCUT2D eigenvalue weighted by molar-refractivity contribution is 6.08. The standard InChI is InChI=1S/C27H34N2O/c1-26(2,3)22-12-10-20(11-13-22)18-28-16-14-27(15-17-28)23-6-4-5-7-24(23)29(25(27)30)19-21-8-9-21/h4-7,10-13,21H,8-9,14-19H2,1-3H3. The van der Waals surface area contributed by atoms with Crippen molar-refractivity contribution in [2.75, 3.05) is 24.5 Å². The van der Waals surface area contributed by atoms with E-state index in [1.807, 2.05) is 0 Å². The SMILES string of the molecule is CC(C)(C)c1ccc(CN2CCC3(CC2)C(=O)N(CC2CC2)c2ccccc23)cc1. The fraction of sp³-hybridized carbons (Fsp3) is 0.519. The second-order valence-corrected chi connectivity index (χ2v) is 10.7. The third-order valence-electron chi connectivity index (χ3n) is 7.44. The maximum Gasteiger partial charge on any atom is 0.237 e. The van der Waals surface area contributed by atoms with Crippen LogP contribution < -0.4 is 4.90 Å². The molecule has 0 unspecified atom stereocenters. The van der Waals surface area contributed by atoms with Gasteiger partial charge in [0.05, 0.1) is 5.41 Å². The van der Waals surface area contributed by atoms with Crippen LogP contribution in [0.2, 0.25) is 0 Å². The molecule has 3 heteroatoms. The Kier molecular flexibility index (Phi) is 4.77. The van der Waals surface area contributed by atoms with Gasteiger partial charge in [0.2, 0.25) is 5.91 Å². The van der Waals surface area contributed by atoms with Crippen molar-refractivity contribution < 1.29 is 4.79 Å². The van der Waals surface area contributed by atoms with Gasteiger partial charge in [0.15, 0.2) is 0 Å². The second-order valence-electron chi connectivity index (χ2n) is 10.7. The van der Waals surface area contributed by atoms with Crippen LogP contribution in [0.1, 0.15) is 63.1 Å². The first-order chi connectivity index (χ1) is 14.4. The maximum absolute atomic E-state index is 13.6. The molecule has 3 aliphatic rings. The summed E-state index contributed by atoms with van der Waals surface area (Å²) >= 11 is 0. The minimum atomic E-state index is -0.294. The minimum Gasteiger partial charge on any atom is -0.311 e. The van der Waals surface area contributed by atoms with Crippen molar-refractivity contribution in [3.05, 3.63) is 65.2 Å². The van der Waals surface area contributed by atoms with Crippen LogP contribution >= 0.6 is 0 Å². The van der Waals surface area contributed by atoms with E-state index in [9.17, 15) is 4.79 Å². The van der Waals surface area contributed by atoms with Crippen LogP contribution in [-0.4, -0.2) is 30.4 Å². The van der Waals surface area contributed by atoms with Gasteiger partial charge in [-0.15, -0.1) is 0 Å². The number of carbonyl (C=O) groups is 1. The topological polar surface area (TPSA) is 23.6 Å². The van der Waals surface area contributed by atoms with Crippen molar-refractivity contribution >= 4 is 11.6 Å². The Bertz CT molecular complexity index is 928. The number of benzene rings is 2. The van der Waals surface area contributed by atoms with Gasteiger partial charge in [0.25, 0.3) is 0 Å². The minimum absolute atomic E-state index is 0.193. The number of piperidine rings is 1. The van der Waals surface area contributed by atoms with E-state index in [1.54, 1.807) is 0 Å². The van der Waals surface area contributed by atoms with Crippen LogP contribution in [0.5, 0.6) is 0 Å². The molecule has 2 heterocycles. The third-order valence-corrected chi connectivity index (χ3v) is 7.44. The zero-order chi connectivity index (χ0) is 20.9. The summed E-state index contributed by atoms with van der Waals surface area (Å²) in [7, 11) is 0. The van der Waals surface area contributed by atoms with Gasteiger partial charge < -0.3 is 4.90 Å². The lowest BCUT2D eigenvalue weighted by Gasteiger charge is -2.38. The van der Waals surface area contributed by atoms with Crippen LogP contribution in [0.3, 0.4) is 0 Å². The van der Waals surface area contributed by atoms with Crippen LogP contribution in [0.15, 0.2) is 48.5 Å². The van der Waals surface area contributed by atoms with Gasteiger partial charge in [0.1, 0.15) is 0 Å². The van der Waals surface area contributed by atoms with E-state index in [0.29, 0.717) is 11.8 Å². The van der Waals surface area contributed by atoms with Gasteiger partial charge in [-0.3, -0.25) is 9.69 Å². The predicted octanol–water partition coefficient (Wildman–Crippen LogP) is 5.27. The zero-order valence-corrected chi connectivity index (χ0v) is 18.7. The molecular weight excluding hydrogens is 368 g/mol. The number of likely N-dealkylation sites (tertiary alicyclic amines) is 1. The number of fused-ring (bicyclic) bond motifs is 2. The van der Waals surface area contributed by atoms with E-state index in [0.717, 1.165) is 39.0 Å². The van der Waals surface area contributed by atoms with Crippen molar-refractivity contribution in [3.63, 3.8) is 0 Å². The number of carbonyl (C=O) groups excluding carboxylic acids is 1. The molecule has 0 radical (unpaired) electrons. The van der Waals surface area contributed by atoms with Crippen molar-refractivity contribution in [1.82, 2.24) is 4.90 Å². The highest BCUT2D eigenvalue weighted by Crippen LogP contribution is 2.49. The Hall–Kier alpha value is -2.13. The Labute approximate surface area is 181 Å². The summed E-state index contributed by atoms with van der Waals surface area (Å²) in [6, 6.07) is 17.7. The van der Waals surface area contributed by atoms with Crippen molar-refractivity contribution in [1.29, 1.82) is 0 Å². The summed E-state index contributed by atoms with van der Waals surface area (Å²) in [6.07, 6.45) is 4.43. The summed E-state index contributed by atoms with van der Waals surface area (Å²) in [6.45, 7) is 10.6. The smallest absolute Gasteiger partial charge is 0.237 e. The molecule has 2 fully saturated rings. The fourth-order valence-corrected chi connectivity index (χ4v) is 5.28. The number of nitrogens with zero attached hydrogens (tertiary/aromatic N) is 2. The molecule has 30 heavy (non-hydrogen) atoms. The van der Waals surface area contributed by atoms with Gasteiger partial charge >= 0.3 is 0 Å². The molecule has 2 aliphatic heterocycles. The largest absolute Gasteiger partial charge is 0.311 e. The Morgan fingerprint density at radius 1 is 0.967 bits per heavy atom. The Morgan fingerprint density at radius 2 is 1.63 bits per heavy atom. The number of rotatable bonds is 4. The molecule has 1 saturated carbocycles. The molecule has 3 nitrogen and oxygen atoms in total. The molecule has 5 rings (SSSR count). The molecule has 1 aliphatic carbocycles. The van der Waals surface area contributed by atoms with Crippen LogP contribution in [0.25, 0.3) is 0 Å². The molecule has 0 aromatic heterocycles. The van der Waals surface area contributed by atoms with E-state index in [2.05, 4.69) is 79.1 Å². The first-order valence-corrected chi connectivity index (χ1v) is 11.6. The molecular formula is C27H34N2O. The molecule has 1 amide bonds. The first kappa shape index (κ1) is 19.8. The lowest BCUT2D eigenvalue weighted by molar-refractivity contribution is -0.125. The van der Waals surface area contributed by atoms with Crippen molar-refractivity contribution in [2.45, 2.75) is 63.8 Å². The molecule has 2 aromatic carbocycles. The summed E-state index contributed by atoms with van der Waals surface area (Å²) in [5.41, 5.74) is 5.11. The monoisotopic (exact) mass is 402 g/mol. The van der Waals surface area contributed by atoms with Gasteiger partial charge in [0, 0.05) is 18.8 Å². The normalized spacial score (nSPS) is 21.3. The summed E-state index contributed by atoms with van der Waals surface area (Å²) in [5, 5.41) is 0. The highest BCUT2D eigenvalue weighted by atomic mass is 16.2. The van der Waals surface area contributed by atoms with Crippen molar-refractivity contribution in [2.24, 2.45) is 5.92 Å². The quantitative estimate of drug-likeness (QED) is 0.695. The summed E-state index contributed by atoms with van der Waals surface area (Å²) in [4.78, 5) is 18.2. The van der Waals surface area contributed by atoms with Gasteiger partial charge in [-0.2, -0.15) is 0 Å². The van der Waals surface area contributed by atoms with E-state index in [-0.39, 0.29) is 10.8 Å². The van der Waals surface area contributed by atoms with E-state index in [4.69, 9.17) is 0 Å².